The summed E-state index contributed by atoms with van der Waals surface area (Å²) in [6.07, 6.45) is -3.86. The van der Waals surface area contributed by atoms with Gasteiger partial charge in [-0.15, -0.1) is 0 Å². The van der Waals surface area contributed by atoms with Gasteiger partial charge in [-0.2, -0.15) is 13.2 Å². The Labute approximate surface area is 262 Å². The molecule has 0 bridgehead atoms. The highest BCUT2D eigenvalue weighted by Crippen LogP contribution is 2.33. The molecule has 1 N–H and O–H groups in total. The second-order valence-corrected chi connectivity index (χ2v) is 12.5. The predicted molar refractivity (Wildman–Crippen MR) is 160 cm³/mol. The van der Waals surface area contributed by atoms with Crippen molar-refractivity contribution in [2.75, 3.05) is 50.7 Å². The van der Waals surface area contributed by atoms with Gasteiger partial charge in [0, 0.05) is 87.6 Å². The number of pyridine rings is 1. The highest BCUT2D eigenvalue weighted by molar-refractivity contribution is 6.06. The van der Waals surface area contributed by atoms with Gasteiger partial charge in [0.05, 0.1) is 11.6 Å². The monoisotopic (exact) mass is 649 g/mol. The third-order valence-electron chi connectivity index (χ3n) is 7.95. The Bertz CT molecular complexity index is 1540. The number of amides is 2. The number of likely N-dealkylation sites (tertiary alicyclic amines) is 1. The van der Waals surface area contributed by atoms with E-state index in [0.717, 1.165) is 12.4 Å². The Hall–Kier alpha value is -4.14. The minimum absolute atomic E-state index is 0.0123. The fraction of sp³-hybridized carbons (Fsp3) is 0.516. The van der Waals surface area contributed by atoms with Crippen molar-refractivity contribution in [3.05, 3.63) is 59.7 Å². The number of carbonyl (C=O) groups is 2. The van der Waals surface area contributed by atoms with E-state index in [1.165, 1.54) is 0 Å². The number of alkyl halides is 5. The van der Waals surface area contributed by atoms with Gasteiger partial charge in [0.1, 0.15) is 11.4 Å². The number of fused-ring (bicyclic) bond motifs is 1. The Morgan fingerprint density at radius 2 is 1.61 bits per heavy atom. The summed E-state index contributed by atoms with van der Waals surface area (Å²) in [6, 6.07) is 7.99. The number of halogens is 5. The number of piperidine rings is 1. The molecule has 0 radical (unpaired) electrons. The van der Waals surface area contributed by atoms with Gasteiger partial charge in [-0.05, 0) is 45.0 Å². The lowest BCUT2D eigenvalue weighted by molar-refractivity contribution is -0.145. The third-order valence-corrected chi connectivity index (χ3v) is 7.95. The Morgan fingerprint density at radius 3 is 2.22 bits per heavy atom. The lowest BCUT2D eigenvalue weighted by Crippen LogP contribution is -2.50. The van der Waals surface area contributed by atoms with Crippen LogP contribution in [0.1, 0.15) is 61.4 Å². The van der Waals surface area contributed by atoms with E-state index in [9.17, 15) is 31.5 Å². The lowest BCUT2D eigenvalue weighted by atomic mass is 10.0. The second kappa shape index (κ2) is 12.9. The molecule has 2 fully saturated rings. The molecule has 2 aliphatic heterocycles. The molecule has 2 amide bonds. The molecule has 5 rings (SSSR count). The Balaban J connectivity index is 1.28. The predicted octanol–water partition coefficient (Wildman–Crippen LogP) is 5.30. The van der Waals surface area contributed by atoms with Crippen LogP contribution in [-0.2, 0) is 10.9 Å². The first-order valence-electron chi connectivity index (χ1n) is 15.0. The highest BCUT2D eigenvalue weighted by atomic mass is 19.4. The van der Waals surface area contributed by atoms with Gasteiger partial charge in [0.15, 0.2) is 0 Å². The average Bonchev–Trinajstić information content (AvgIpc) is 3.00. The smallest absolute Gasteiger partial charge is 0.444 e. The van der Waals surface area contributed by atoms with Crippen LogP contribution in [0, 0.1) is 0 Å². The van der Waals surface area contributed by atoms with Crippen LogP contribution in [0.25, 0.3) is 10.9 Å². The number of aromatic nitrogens is 3. The number of rotatable bonds is 6. The van der Waals surface area contributed by atoms with E-state index in [4.69, 9.17) is 9.72 Å². The van der Waals surface area contributed by atoms with Crippen molar-refractivity contribution in [3.8, 4) is 0 Å². The number of benzene rings is 1. The zero-order valence-electron chi connectivity index (χ0n) is 25.8. The van der Waals surface area contributed by atoms with Crippen LogP contribution < -0.4 is 10.2 Å². The molecule has 4 heterocycles. The number of carbonyl (C=O) groups excluding carboxylic acids is 2. The summed E-state index contributed by atoms with van der Waals surface area (Å²) in [6.45, 7) is 7.41. The maximum atomic E-state index is 13.9. The summed E-state index contributed by atoms with van der Waals surface area (Å²) < 4.78 is 72.4. The minimum atomic E-state index is -4.73. The van der Waals surface area contributed by atoms with Crippen LogP contribution in [0.2, 0.25) is 0 Å². The zero-order chi connectivity index (χ0) is 33.3. The van der Waals surface area contributed by atoms with Crippen LogP contribution in [0.3, 0.4) is 0 Å². The van der Waals surface area contributed by atoms with Crippen molar-refractivity contribution >= 4 is 28.7 Å². The minimum Gasteiger partial charge on any atom is -0.444 e. The number of ether oxygens (including phenoxy) is 1. The fourth-order valence-electron chi connectivity index (χ4n) is 5.52. The zero-order valence-corrected chi connectivity index (χ0v) is 25.8. The van der Waals surface area contributed by atoms with Crippen molar-refractivity contribution in [2.24, 2.45) is 0 Å². The number of hydrogen-bond acceptors (Lipinski definition) is 8. The standard InChI is InChI=1S/C31H36F5N7O3/c1-29(2,3)46-28(45)43-15-13-42(14-16-43)25-8-7-21-22(5-4-6-23(21)40-25)26(44)37-19-24(41-11-9-30(32,33)10-12-41)20-17-38-27(39-18-20)31(34,35)36/h4-8,17-18,24H,9-16,19H2,1-3H3,(H,37,44)/t24-/m1/s1. The number of nitrogens with one attached hydrogen (secondary N) is 1. The van der Waals surface area contributed by atoms with Gasteiger partial charge in [-0.25, -0.2) is 28.5 Å². The normalized spacial score (nSPS) is 18.3. The molecule has 10 nitrogen and oxygen atoms in total. The maximum Gasteiger partial charge on any atom is 0.451 e. The van der Waals surface area contributed by atoms with Gasteiger partial charge in [0.25, 0.3) is 11.8 Å². The molecule has 15 heteroatoms. The molecule has 0 aliphatic carbocycles. The van der Waals surface area contributed by atoms with Crippen molar-refractivity contribution in [1.29, 1.82) is 0 Å². The van der Waals surface area contributed by atoms with Crippen molar-refractivity contribution in [2.45, 2.75) is 57.4 Å². The molecule has 1 aromatic carbocycles. The highest BCUT2D eigenvalue weighted by Gasteiger charge is 2.38. The molecular formula is C31H36F5N7O3. The van der Waals surface area contributed by atoms with Gasteiger partial charge in [0.2, 0.25) is 5.82 Å². The molecule has 0 spiro atoms. The first-order valence-corrected chi connectivity index (χ1v) is 15.0. The number of anilines is 1. The summed E-state index contributed by atoms with van der Waals surface area (Å²) in [5, 5.41) is 3.41. The summed E-state index contributed by atoms with van der Waals surface area (Å²) in [5.41, 5.74) is 0.597. The Kier molecular flexibility index (Phi) is 9.34. The number of piperazine rings is 1. The summed E-state index contributed by atoms with van der Waals surface area (Å²) >= 11 is 0. The van der Waals surface area contributed by atoms with Crippen LogP contribution in [0.4, 0.5) is 32.6 Å². The summed E-state index contributed by atoms with van der Waals surface area (Å²) in [5.74, 6) is -3.90. The molecule has 2 aliphatic rings. The van der Waals surface area contributed by atoms with Crippen LogP contribution in [0.15, 0.2) is 42.7 Å². The first kappa shape index (κ1) is 33.2. The van der Waals surface area contributed by atoms with E-state index >= 15 is 0 Å². The molecule has 46 heavy (non-hydrogen) atoms. The average molecular weight is 650 g/mol. The molecule has 3 aromatic rings. The molecule has 2 aromatic heterocycles. The quantitative estimate of drug-likeness (QED) is 0.359. The first-order chi connectivity index (χ1) is 21.6. The van der Waals surface area contributed by atoms with Crippen molar-refractivity contribution in [1.82, 2.24) is 30.1 Å². The molecular weight excluding hydrogens is 613 g/mol. The van der Waals surface area contributed by atoms with E-state index < -0.39 is 48.3 Å². The maximum absolute atomic E-state index is 13.9. The van der Waals surface area contributed by atoms with Crippen LogP contribution in [-0.4, -0.2) is 94.1 Å². The second-order valence-electron chi connectivity index (χ2n) is 12.5. The topological polar surface area (TPSA) is 104 Å². The van der Waals surface area contributed by atoms with Crippen LogP contribution in [0.5, 0.6) is 0 Å². The van der Waals surface area contributed by atoms with E-state index in [1.54, 1.807) is 40.1 Å². The molecule has 248 valence electrons. The Morgan fingerprint density at radius 1 is 0.957 bits per heavy atom. The lowest BCUT2D eigenvalue weighted by Gasteiger charge is -2.37. The summed E-state index contributed by atoms with van der Waals surface area (Å²) in [7, 11) is 0. The largest absolute Gasteiger partial charge is 0.451 e. The van der Waals surface area contributed by atoms with Gasteiger partial charge in [-0.3, -0.25) is 9.69 Å². The molecule has 0 unspecified atom stereocenters. The number of nitrogens with zero attached hydrogens (tertiary/aromatic N) is 6. The van der Waals surface area contributed by atoms with Gasteiger partial charge >= 0.3 is 12.3 Å². The van der Waals surface area contributed by atoms with E-state index in [1.807, 2.05) is 25.7 Å². The van der Waals surface area contributed by atoms with E-state index in [-0.39, 0.29) is 31.3 Å². The van der Waals surface area contributed by atoms with Crippen LogP contribution >= 0.6 is 0 Å². The third kappa shape index (κ3) is 7.98. The van der Waals surface area contributed by atoms with Crippen molar-refractivity contribution < 1.29 is 36.3 Å². The van der Waals surface area contributed by atoms with Gasteiger partial charge in [-0.1, -0.05) is 6.07 Å². The van der Waals surface area contributed by atoms with E-state index in [0.29, 0.717) is 48.5 Å². The summed E-state index contributed by atoms with van der Waals surface area (Å²) in [4.78, 5) is 42.9. The fourth-order valence-corrected chi connectivity index (χ4v) is 5.52. The molecule has 2 saturated heterocycles. The van der Waals surface area contributed by atoms with Gasteiger partial charge < -0.3 is 19.9 Å². The molecule has 1 atom stereocenters. The number of hydrogen-bond donors (Lipinski definition) is 1. The SMILES string of the molecule is CC(C)(C)OC(=O)N1CCN(c2ccc3c(C(=O)NC[C@H](c4cnc(C(F)(F)F)nc4)N4CCC(F)(F)CC4)cccc3n2)CC1. The van der Waals surface area contributed by atoms with E-state index in [2.05, 4.69) is 15.3 Å². The molecule has 0 saturated carbocycles. The van der Waals surface area contributed by atoms with Crippen molar-refractivity contribution in [3.63, 3.8) is 0 Å².